The third-order valence-corrected chi connectivity index (χ3v) is 2.75. The van der Waals surface area contributed by atoms with Crippen molar-refractivity contribution in [3.05, 3.63) is 28.8 Å². The number of nitrogens with zero attached hydrogens (tertiary/aromatic N) is 1. The predicted octanol–water partition coefficient (Wildman–Crippen LogP) is 3.09. The third-order valence-electron chi connectivity index (χ3n) is 2.75. The number of benzene rings is 1. The first-order chi connectivity index (χ1) is 8.58. The van der Waals surface area contributed by atoms with Crippen molar-refractivity contribution in [1.82, 2.24) is 5.32 Å². The number of ether oxygens (including phenoxy) is 1. The van der Waals surface area contributed by atoms with Crippen LogP contribution in [-0.2, 0) is 6.54 Å². The number of rotatable bonds is 6. The van der Waals surface area contributed by atoms with Crippen LogP contribution in [0.4, 0.5) is 0 Å². The van der Waals surface area contributed by atoms with Crippen LogP contribution in [0.1, 0.15) is 37.0 Å². The molecule has 1 rings (SSSR count). The van der Waals surface area contributed by atoms with E-state index in [4.69, 9.17) is 10.00 Å². The molecule has 0 aliphatic heterocycles. The quantitative estimate of drug-likeness (QED) is 0.784. The Kier molecular flexibility index (Phi) is 5.67. The van der Waals surface area contributed by atoms with Crippen molar-refractivity contribution in [3.63, 3.8) is 0 Å². The lowest BCUT2D eigenvalue weighted by Crippen LogP contribution is -2.15. The number of hydrogen-bond donors (Lipinski definition) is 1. The van der Waals surface area contributed by atoms with Crippen molar-refractivity contribution in [1.29, 1.82) is 5.26 Å². The molecule has 0 saturated carbocycles. The summed E-state index contributed by atoms with van der Waals surface area (Å²) in [5.74, 6) is 0.836. The number of nitriles is 1. The largest absolute Gasteiger partial charge is 0.475 e. The van der Waals surface area contributed by atoms with E-state index in [1.54, 1.807) is 6.92 Å². The Labute approximate surface area is 110 Å². The maximum Gasteiger partial charge on any atom is 0.181 e. The average molecular weight is 246 g/mol. The van der Waals surface area contributed by atoms with Crippen molar-refractivity contribution in [2.45, 2.75) is 46.8 Å². The molecule has 18 heavy (non-hydrogen) atoms. The lowest BCUT2D eigenvalue weighted by atomic mass is 10.1. The second-order valence-corrected chi connectivity index (χ2v) is 4.62. The number of aryl methyl sites for hydroxylation is 2. The van der Waals surface area contributed by atoms with Crippen LogP contribution >= 0.6 is 0 Å². The van der Waals surface area contributed by atoms with Crippen LogP contribution in [-0.4, -0.2) is 12.6 Å². The zero-order valence-electron chi connectivity index (χ0n) is 11.7. The zero-order chi connectivity index (χ0) is 13.5. The molecule has 0 saturated heterocycles. The van der Waals surface area contributed by atoms with Gasteiger partial charge >= 0.3 is 0 Å². The Morgan fingerprint density at radius 1 is 1.33 bits per heavy atom. The van der Waals surface area contributed by atoms with Gasteiger partial charge in [-0.15, -0.1) is 0 Å². The molecule has 1 aromatic rings. The van der Waals surface area contributed by atoms with E-state index in [9.17, 15) is 0 Å². The summed E-state index contributed by atoms with van der Waals surface area (Å²) < 4.78 is 5.62. The minimum atomic E-state index is -0.411. The lowest BCUT2D eigenvalue weighted by Gasteiger charge is -2.15. The van der Waals surface area contributed by atoms with Gasteiger partial charge in [0, 0.05) is 6.54 Å². The molecule has 3 heteroatoms. The van der Waals surface area contributed by atoms with E-state index in [2.05, 4.69) is 30.4 Å². The van der Waals surface area contributed by atoms with Gasteiger partial charge in [0.05, 0.1) is 0 Å². The summed E-state index contributed by atoms with van der Waals surface area (Å²) >= 11 is 0. The molecule has 0 bridgehead atoms. The van der Waals surface area contributed by atoms with E-state index in [1.807, 2.05) is 13.8 Å². The van der Waals surface area contributed by atoms with Gasteiger partial charge < -0.3 is 10.1 Å². The molecule has 1 aromatic carbocycles. The molecule has 3 nitrogen and oxygen atoms in total. The Hall–Kier alpha value is -1.53. The molecule has 1 atom stereocenters. The first kappa shape index (κ1) is 14.5. The summed E-state index contributed by atoms with van der Waals surface area (Å²) in [6.45, 7) is 9.87. The Morgan fingerprint density at radius 2 is 1.94 bits per heavy atom. The summed E-state index contributed by atoms with van der Waals surface area (Å²) in [6.07, 6.45) is 0.727. The van der Waals surface area contributed by atoms with Crippen LogP contribution in [0.3, 0.4) is 0 Å². The highest BCUT2D eigenvalue weighted by Crippen LogP contribution is 2.25. The maximum absolute atomic E-state index is 8.79. The summed E-state index contributed by atoms with van der Waals surface area (Å²) in [5, 5.41) is 12.2. The summed E-state index contributed by atoms with van der Waals surface area (Å²) in [4.78, 5) is 0. The standard InChI is InChI=1S/C15H22N2O/c1-5-6-17-10-14-7-11(2)15(12(3)8-14)18-13(4)9-16/h7-8,13,17H,5-6,10H2,1-4H3. The van der Waals surface area contributed by atoms with Crippen LogP contribution in [0.2, 0.25) is 0 Å². The average Bonchev–Trinajstić information content (AvgIpc) is 2.34. The SMILES string of the molecule is CCCNCc1cc(C)c(OC(C)C#N)c(C)c1. The monoisotopic (exact) mass is 246 g/mol. The summed E-state index contributed by atoms with van der Waals surface area (Å²) in [5.41, 5.74) is 3.44. The molecule has 0 aliphatic carbocycles. The van der Waals surface area contributed by atoms with E-state index in [0.717, 1.165) is 36.4 Å². The van der Waals surface area contributed by atoms with Crippen LogP contribution < -0.4 is 10.1 Å². The molecule has 0 fully saturated rings. The second-order valence-electron chi connectivity index (χ2n) is 4.62. The second kappa shape index (κ2) is 7.03. The third kappa shape index (κ3) is 4.05. The van der Waals surface area contributed by atoms with Crippen LogP contribution in [0, 0.1) is 25.2 Å². The van der Waals surface area contributed by atoms with E-state index in [0.29, 0.717) is 0 Å². The van der Waals surface area contributed by atoms with Crippen molar-refractivity contribution >= 4 is 0 Å². The Morgan fingerprint density at radius 3 is 2.44 bits per heavy atom. The minimum absolute atomic E-state index is 0.411. The van der Waals surface area contributed by atoms with Crippen molar-refractivity contribution in [2.24, 2.45) is 0 Å². The van der Waals surface area contributed by atoms with Gasteiger partial charge in [-0.2, -0.15) is 5.26 Å². The molecule has 98 valence electrons. The Bertz CT molecular complexity index is 412. The predicted molar refractivity (Wildman–Crippen MR) is 73.6 cm³/mol. The first-order valence-corrected chi connectivity index (χ1v) is 6.45. The van der Waals surface area contributed by atoms with Gasteiger partial charge in [-0.05, 0) is 50.4 Å². The molecular formula is C15H22N2O. The van der Waals surface area contributed by atoms with Gasteiger partial charge in [-0.25, -0.2) is 0 Å². The maximum atomic E-state index is 8.79. The Balaban J connectivity index is 2.81. The highest BCUT2D eigenvalue weighted by molar-refractivity contribution is 5.43. The molecule has 0 radical (unpaired) electrons. The highest BCUT2D eigenvalue weighted by atomic mass is 16.5. The first-order valence-electron chi connectivity index (χ1n) is 6.45. The molecule has 1 N–H and O–H groups in total. The van der Waals surface area contributed by atoms with Crippen LogP contribution in [0.5, 0.6) is 5.75 Å². The highest BCUT2D eigenvalue weighted by Gasteiger charge is 2.09. The molecule has 0 amide bonds. The van der Waals surface area contributed by atoms with Gasteiger partial charge in [-0.3, -0.25) is 0 Å². The van der Waals surface area contributed by atoms with E-state index in [-0.39, 0.29) is 0 Å². The fourth-order valence-electron chi connectivity index (χ4n) is 1.94. The fraction of sp³-hybridized carbons (Fsp3) is 0.533. The number of hydrogen-bond acceptors (Lipinski definition) is 3. The van der Waals surface area contributed by atoms with Crippen molar-refractivity contribution < 1.29 is 4.74 Å². The van der Waals surface area contributed by atoms with Gasteiger partial charge in [0.25, 0.3) is 0 Å². The van der Waals surface area contributed by atoms with E-state index < -0.39 is 6.10 Å². The van der Waals surface area contributed by atoms with Crippen LogP contribution in [0.15, 0.2) is 12.1 Å². The molecular weight excluding hydrogens is 224 g/mol. The molecule has 0 aromatic heterocycles. The summed E-state index contributed by atoms with van der Waals surface area (Å²) in [7, 11) is 0. The zero-order valence-corrected chi connectivity index (χ0v) is 11.7. The van der Waals surface area contributed by atoms with Gasteiger partial charge in [-0.1, -0.05) is 19.1 Å². The van der Waals surface area contributed by atoms with Crippen molar-refractivity contribution in [3.8, 4) is 11.8 Å². The smallest absolute Gasteiger partial charge is 0.181 e. The normalized spacial score (nSPS) is 11.9. The lowest BCUT2D eigenvalue weighted by molar-refractivity contribution is 0.272. The minimum Gasteiger partial charge on any atom is -0.475 e. The van der Waals surface area contributed by atoms with E-state index in [1.165, 1.54) is 5.56 Å². The molecule has 0 heterocycles. The summed E-state index contributed by atoms with van der Waals surface area (Å²) in [6, 6.07) is 6.33. The molecule has 1 unspecified atom stereocenters. The van der Waals surface area contributed by atoms with Gasteiger partial charge in [0.15, 0.2) is 6.10 Å². The van der Waals surface area contributed by atoms with Gasteiger partial charge in [0.2, 0.25) is 0 Å². The topological polar surface area (TPSA) is 45.0 Å². The molecule has 0 spiro atoms. The molecule has 0 aliphatic rings. The van der Waals surface area contributed by atoms with Crippen LogP contribution in [0.25, 0.3) is 0 Å². The van der Waals surface area contributed by atoms with Crippen molar-refractivity contribution in [2.75, 3.05) is 6.54 Å². The van der Waals surface area contributed by atoms with E-state index >= 15 is 0 Å². The van der Waals surface area contributed by atoms with Gasteiger partial charge in [0.1, 0.15) is 11.8 Å². The number of nitrogens with one attached hydrogen (secondary N) is 1. The fourth-order valence-corrected chi connectivity index (χ4v) is 1.94.